The first kappa shape index (κ1) is 14.9. The van der Waals surface area contributed by atoms with Gasteiger partial charge < -0.3 is 4.90 Å². The molecule has 0 saturated heterocycles. The van der Waals surface area contributed by atoms with Crippen molar-refractivity contribution in [1.29, 1.82) is 0 Å². The molecule has 2 rings (SSSR count). The van der Waals surface area contributed by atoms with Gasteiger partial charge in [-0.25, -0.2) is 0 Å². The van der Waals surface area contributed by atoms with E-state index in [-0.39, 0.29) is 5.78 Å². The number of hydrogen-bond donors (Lipinski definition) is 0. The lowest BCUT2D eigenvalue weighted by Crippen LogP contribution is -2.21. The van der Waals surface area contributed by atoms with Gasteiger partial charge in [-0.3, -0.25) is 4.79 Å². The molecule has 0 aliphatic rings. The predicted octanol–water partition coefficient (Wildman–Crippen LogP) is 4.15. The second kappa shape index (κ2) is 7.36. The molecule has 0 bridgehead atoms. The highest BCUT2D eigenvalue weighted by molar-refractivity contribution is 9.10. The zero-order chi connectivity index (χ0) is 14.4. The third kappa shape index (κ3) is 4.29. The van der Waals surface area contributed by atoms with Crippen molar-refractivity contribution >= 4 is 21.7 Å². The molecule has 0 aliphatic carbocycles. The molecule has 20 heavy (non-hydrogen) atoms. The smallest absolute Gasteiger partial charge is 0.164 e. The van der Waals surface area contributed by atoms with E-state index in [0.29, 0.717) is 6.42 Å². The first-order valence-corrected chi connectivity index (χ1v) is 7.46. The molecule has 0 spiro atoms. The molecular weight excluding hydrogens is 314 g/mol. The van der Waals surface area contributed by atoms with Gasteiger partial charge in [0.2, 0.25) is 0 Å². The molecule has 0 N–H and O–H groups in total. The SMILES string of the molecule is CN(CCC(=O)c1ccccc1)Cc1ccccc1Br. The van der Waals surface area contributed by atoms with E-state index in [1.54, 1.807) is 0 Å². The summed E-state index contributed by atoms with van der Waals surface area (Å²) in [5.41, 5.74) is 2.03. The molecule has 2 aromatic rings. The molecule has 0 amide bonds. The molecular formula is C17H18BrNO. The van der Waals surface area contributed by atoms with Crippen molar-refractivity contribution in [1.82, 2.24) is 4.90 Å². The Labute approximate surface area is 128 Å². The number of halogens is 1. The summed E-state index contributed by atoms with van der Waals surface area (Å²) < 4.78 is 1.11. The Kier molecular flexibility index (Phi) is 5.50. The van der Waals surface area contributed by atoms with Crippen molar-refractivity contribution in [3.8, 4) is 0 Å². The van der Waals surface area contributed by atoms with Crippen LogP contribution in [-0.2, 0) is 6.54 Å². The summed E-state index contributed by atoms with van der Waals surface area (Å²) in [5.74, 6) is 0.199. The minimum Gasteiger partial charge on any atom is -0.302 e. The summed E-state index contributed by atoms with van der Waals surface area (Å²) in [7, 11) is 2.04. The van der Waals surface area contributed by atoms with E-state index in [2.05, 4.69) is 26.9 Å². The molecule has 0 heterocycles. The molecule has 0 unspecified atom stereocenters. The number of carbonyl (C=O) groups is 1. The molecule has 0 atom stereocenters. The first-order chi connectivity index (χ1) is 9.66. The number of nitrogens with zero attached hydrogens (tertiary/aromatic N) is 1. The van der Waals surface area contributed by atoms with Crippen molar-refractivity contribution in [2.45, 2.75) is 13.0 Å². The Morgan fingerprint density at radius 2 is 1.70 bits per heavy atom. The van der Waals surface area contributed by atoms with Crippen molar-refractivity contribution in [2.75, 3.05) is 13.6 Å². The fraction of sp³-hybridized carbons (Fsp3) is 0.235. The van der Waals surface area contributed by atoms with Gasteiger partial charge in [-0.1, -0.05) is 64.5 Å². The number of carbonyl (C=O) groups excluding carboxylic acids is 1. The van der Waals surface area contributed by atoms with Gasteiger partial charge in [-0.05, 0) is 18.7 Å². The van der Waals surface area contributed by atoms with E-state index in [4.69, 9.17) is 0 Å². The van der Waals surface area contributed by atoms with Gasteiger partial charge in [0, 0.05) is 29.5 Å². The lowest BCUT2D eigenvalue weighted by atomic mass is 10.1. The quantitative estimate of drug-likeness (QED) is 0.741. The lowest BCUT2D eigenvalue weighted by Gasteiger charge is -2.17. The Morgan fingerprint density at radius 3 is 2.40 bits per heavy atom. The summed E-state index contributed by atoms with van der Waals surface area (Å²) in [4.78, 5) is 14.2. The summed E-state index contributed by atoms with van der Waals surface area (Å²) in [6.07, 6.45) is 0.547. The van der Waals surface area contributed by atoms with Crippen LogP contribution in [0.1, 0.15) is 22.3 Å². The Balaban J connectivity index is 1.85. The van der Waals surface area contributed by atoms with Crippen LogP contribution in [0, 0.1) is 0 Å². The molecule has 0 fully saturated rings. The van der Waals surface area contributed by atoms with Crippen LogP contribution in [0.15, 0.2) is 59.1 Å². The van der Waals surface area contributed by atoms with Crippen LogP contribution in [-0.4, -0.2) is 24.3 Å². The number of benzene rings is 2. The van der Waals surface area contributed by atoms with Crippen LogP contribution >= 0.6 is 15.9 Å². The molecule has 2 nitrogen and oxygen atoms in total. The molecule has 104 valence electrons. The highest BCUT2D eigenvalue weighted by Crippen LogP contribution is 2.17. The average molecular weight is 332 g/mol. The Morgan fingerprint density at radius 1 is 1.05 bits per heavy atom. The van der Waals surface area contributed by atoms with Crippen LogP contribution < -0.4 is 0 Å². The molecule has 2 aromatic carbocycles. The van der Waals surface area contributed by atoms with Crippen molar-refractivity contribution in [3.63, 3.8) is 0 Å². The fourth-order valence-electron chi connectivity index (χ4n) is 2.06. The second-order valence-electron chi connectivity index (χ2n) is 4.87. The minimum absolute atomic E-state index is 0.199. The van der Waals surface area contributed by atoms with Gasteiger partial charge in [0.1, 0.15) is 0 Å². The van der Waals surface area contributed by atoms with Crippen molar-refractivity contribution in [2.24, 2.45) is 0 Å². The predicted molar refractivity (Wildman–Crippen MR) is 85.9 cm³/mol. The molecule has 0 radical (unpaired) electrons. The van der Waals surface area contributed by atoms with Gasteiger partial charge in [0.25, 0.3) is 0 Å². The van der Waals surface area contributed by atoms with E-state index in [1.807, 2.05) is 55.6 Å². The number of Topliss-reactive ketones (excluding diaryl/α,β-unsaturated/α-hetero) is 1. The van der Waals surface area contributed by atoms with Crippen LogP contribution in [0.4, 0.5) is 0 Å². The highest BCUT2D eigenvalue weighted by Gasteiger charge is 2.08. The second-order valence-corrected chi connectivity index (χ2v) is 5.72. The third-order valence-corrected chi connectivity index (χ3v) is 3.99. The maximum Gasteiger partial charge on any atom is 0.164 e. The average Bonchev–Trinajstić information content (AvgIpc) is 2.48. The summed E-state index contributed by atoms with van der Waals surface area (Å²) >= 11 is 3.55. The van der Waals surface area contributed by atoms with Crippen LogP contribution in [0.3, 0.4) is 0 Å². The van der Waals surface area contributed by atoms with E-state index in [9.17, 15) is 4.79 Å². The number of rotatable bonds is 6. The number of hydrogen-bond acceptors (Lipinski definition) is 2. The summed E-state index contributed by atoms with van der Waals surface area (Å²) in [6, 6.07) is 17.6. The topological polar surface area (TPSA) is 20.3 Å². The largest absolute Gasteiger partial charge is 0.302 e. The van der Waals surface area contributed by atoms with Crippen LogP contribution in [0.25, 0.3) is 0 Å². The van der Waals surface area contributed by atoms with Gasteiger partial charge in [-0.2, -0.15) is 0 Å². The summed E-state index contributed by atoms with van der Waals surface area (Å²) in [6.45, 7) is 1.60. The van der Waals surface area contributed by atoms with Gasteiger partial charge in [0.15, 0.2) is 5.78 Å². The zero-order valence-electron chi connectivity index (χ0n) is 11.6. The minimum atomic E-state index is 0.199. The van der Waals surface area contributed by atoms with Crippen molar-refractivity contribution < 1.29 is 4.79 Å². The lowest BCUT2D eigenvalue weighted by molar-refractivity contribution is 0.0968. The van der Waals surface area contributed by atoms with E-state index >= 15 is 0 Å². The normalized spacial score (nSPS) is 10.8. The molecule has 3 heteroatoms. The van der Waals surface area contributed by atoms with E-state index in [0.717, 1.165) is 23.1 Å². The van der Waals surface area contributed by atoms with E-state index < -0.39 is 0 Å². The Hall–Kier alpha value is -1.45. The number of ketones is 1. The Bertz CT molecular complexity index is 568. The fourth-order valence-corrected chi connectivity index (χ4v) is 2.47. The molecule has 0 aromatic heterocycles. The maximum atomic E-state index is 12.0. The molecule has 0 aliphatic heterocycles. The monoisotopic (exact) mass is 331 g/mol. The van der Waals surface area contributed by atoms with Crippen molar-refractivity contribution in [3.05, 3.63) is 70.2 Å². The standard InChI is InChI=1S/C17H18BrNO/c1-19(13-15-9-5-6-10-16(15)18)12-11-17(20)14-7-3-2-4-8-14/h2-10H,11-13H2,1H3. The summed E-state index contributed by atoms with van der Waals surface area (Å²) in [5, 5.41) is 0. The van der Waals surface area contributed by atoms with Gasteiger partial charge >= 0.3 is 0 Å². The highest BCUT2D eigenvalue weighted by atomic mass is 79.9. The maximum absolute atomic E-state index is 12.0. The van der Waals surface area contributed by atoms with Gasteiger partial charge in [-0.15, -0.1) is 0 Å². The third-order valence-electron chi connectivity index (χ3n) is 3.21. The first-order valence-electron chi connectivity index (χ1n) is 6.67. The zero-order valence-corrected chi connectivity index (χ0v) is 13.1. The van der Waals surface area contributed by atoms with Crippen LogP contribution in [0.5, 0.6) is 0 Å². The van der Waals surface area contributed by atoms with Gasteiger partial charge in [0.05, 0.1) is 0 Å². The van der Waals surface area contributed by atoms with Crippen LogP contribution in [0.2, 0.25) is 0 Å². The van der Waals surface area contributed by atoms with E-state index in [1.165, 1.54) is 5.56 Å². The molecule has 0 saturated carbocycles.